The molecule has 0 bridgehead atoms. The van der Waals surface area contributed by atoms with Crippen molar-refractivity contribution in [2.75, 3.05) is 25.7 Å². The van der Waals surface area contributed by atoms with Gasteiger partial charge in [-0.1, -0.05) is 18.2 Å². The highest BCUT2D eigenvalue weighted by Gasteiger charge is 2.54. The third kappa shape index (κ3) is 5.86. The Morgan fingerprint density at radius 1 is 1.15 bits per heavy atom. The number of nitrogens with zero attached hydrogens (tertiary/aromatic N) is 2. The number of carbonyl (C=O) groups is 2. The SMILES string of the molecule is COCC(C)OC(=O)C1=C(N)N(c2cccc(C(F)(F)F)c2)C(C)(C)C(C(=O)OC)C1c1ccc(C#N)cc1. The first kappa shape index (κ1) is 29.5. The van der Waals surface area contributed by atoms with Crippen molar-refractivity contribution < 1.29 is 37.0 Å². The molecule has 0 aliphatic carbocycles. The molecular formula is C28H30F3N3O5. The summed E-state index contributed by atoms with van der Waals surface area (Å²) in [4.78, 5) is 28.4. The molecule has 8 nitrogen and oxygen atoms in total. The number of methoxy groups -OCH3 is 2. The monoisotopic (exact) mass is 545 g/mol. The number of ether oxygens (including phenoxy) is 3. The van der Waals surface area contributed by atoms with E-state index in [-0.39, 0.29) is 23.7 Å². The van der Waals surface area contributed by atoms with Gasteiger partial charge < -0.3 is 24.8 Å². The lowest BCUT2D eigenvalue weighted by molar-refractivity contribution is -0.150. The van der Waals surface area contributed by atoms with Crippen LogP contribution in [0.15, 0.2) is 59.9 Å². The van der Waals surface area contributed by atoms with Crippen LogP contribution in [0.1, 0.15) is 43.4 Å². The van der Waals surface area contributed by atoms with Crippen molar-refractivity contribution >= 4 is 17.6 Å². The van der Waals surface area contributed by atoms with Crippen LogP contribution >= 0.6 is 0 Å². The van der Waals surface area contributed by atoms with Gasteiger partial charge in [-0.3, -0.25) is 4.79 Å². The van der Waals surface area contributed by atoms with E-state index in [2.05, 4.69) is 0 Å². The minimum Gasteiger partial charge on any atom is -0.469 e. The summed E-state index contributed by atoms with van der Waals surface area (Å²) in [6, 6.07) is 12.7. The van der Waals surface area contributed by atoms with Crippen LogP contribution in [-0.4, -0.2) is 44.4 Å². The molecule has 0 amide bonds. The van der Waals surface area contributed by atoms with Crippen molar-refractivity contribution in [1.29, 1.82) is 5.26 Å². The molecule has 1 aliphatic heterocycles. The van der Waals surface area contributed by atoms with Gasteiger partial charge in [-0.25, -0.2) is 4.79 Å². The molecule has 0 saturated carbocycles. The third-order valence-electron chi connectivity index (χ3n) is 6.71. The van der Waals surface area contributed by atoms with Crippen LogP contribution in [0.4, 0.5) is 18.9 Å². The zero-order valence-corrected chi connectivity index (χ0v) is 22.2. The van der Waals surface area contributed by atoms with E-state index < -0.39 is 47.2 Å². The topological polar surface area (TPSA) is 115 Å². The number of anilines is 1. The van der Waals surface area contributed by atoms with Crippen LogP contribution in [0, 0.1) is 17.2 Å². The number of nitrogens with two attached hydrogens (primary N) is 1. The minimum absolute atomic E-state index is 0.0229. The fraction of sp³-hybridized carbons (Fsp3) is 0.393. The van der Waals surface area contributed by atoms with Gasteiger partial charge >= 0.3 is 18.1 Å². The Morgan fingerprint density at radius 2 is 1.79 bits per heavy atom. The normalized spacial score (nSPS) is 19.7. The number of hydrogen-bond donors (Lipinski definition) is 1. The van der Waals surface area contributed by atoms with Gasteiger partial charge in [-0.15, -0.1) is 0 Å². The Bertz CT molecular complexity index is 1300. The fourth-order valence-electron chi connectivity index (χ4n) is 5.02. The molecule has 208 valence electrons. The van der Waals surface area contributed by atoms with E-state index in [0.717, 1.165) is 12.1 Å². The minimum atomic E-state index is -4.64. The maximum absolute atomic E-state index is 13.6. The number of rotatable bonds is 7. The van der Waals surface area contributed by atoms with Gasteiger partial charge in [0, 0.05) is 18.7 Å². The summed E-state index contributed by atoms with van der Waals surface area (Å²) >= 11 is 0. The van der Waals surface area contributed by atoms with Crippen molar-refractivity contribution in [3.8, 4) is 6.07 Å². The molecule has 39 heavy (non-hydrogen) atoms. The van der Waals surface area contributed by atoms with Crippen LogP contribution in [0.25, 0.3) is 0 Å². The van der Waals surface area contributed by atoms with Gasteiger partial charge in [-0.05, 0) is 56.7 Å². The van der Waals surface area contributed by atoms with Gasteiger partial charge in [0.15, 0.2) is 0 Å². The maximum atomic E-state index is 13.6. The Hall–Kier alpha value is -4.04. The smallest absolute Gasteiger partial charge is 0.416 e. The lowest BCUT2D eigenvalue weighted by atomic mass is 9.67. The summed E-state index contributed by atoms with van der Waals surface area (Å²) in [5.74, 6) is -3.90. The Labute approximate surface area is 224 Å². The predicted molar refractivity (Wildman–Crippen MR) is 136 cm³/mol. The average Bonchev–Trinajstić information content (AvgIpc) is 2.87. The molecule has 0 aromatic heterocycles. The van der Waals surface area contributed by atoms with Crippen molar-refractivity contribution in [3.05, 3.63) is 76.6 Å². The lowest BCUT2D eigenvalue weighted by Gasteiger charge is -2.51. The molecule has 1 heterocycles. The molecule has 0 spiro atoms. The van der Waals surface area contributed by atoms with E-state index in [1.54, 1.807) is 32.9 Å². The van der Waals surface area contributed by atoms with Crippen LogP contribution in [-0.2, 0) is 30.0 Å². The van der Waals surface area contributed by atoms with E-state index in [0.29, 0.717) is 11.1 Å². The molecule has 2 aromatic carbocycles. The second-order valence-electron chi connectivity index (χ2n) is 9.72. The largest absolute Gasteiger partial charge is 0.469 e. The average molecular weight is 546 g/mol. The molecule has 3 atom stereocenters. The van der Waals surface area contributed by atoms with Crippen LogP contribution < -0.4 is 10.6 Å². The Kier molecular flexibility index (Phi) is 8.61. The first-order chi connectivity index (χ1) is 18.3. The highest BCUT2D eigenvalue weighted by Crippen LogP contribution is 2.50. The molecule has 2 N–H and O–H groups in total. The second-order valence-corrected chi connectivity index (χ2v) is 9.72. The molecule has 3 unspecified atom stereocenters. The standard InChI is InChI=1S/C28H30F3N3O5/c1-16(15-37-4)39-25(35)22-21(18-11-9-17(14-32)10-12-18)23(26(36)38-5)27(2,3)34(24(22)33)20-8-6-7-19(13-20)28(29,30)31/h6-13,16,21,23H,15,33H2,1-5H3. The van der Waals surface area contributed by atoms with Crippen molar-refractivity contribution in [2.45, 2.75) is 44.5 Å². The summed E-state index contributed by atoms with van der Waals surface area (Å²) in [7, 11) is 2.62. The molecule has 0 fully saturated rings. The predicted octanol–water partition coefficient (Wildman–Crippen LogP) is 4.50. The van der Waals surface area contributed by atoms with Gasteiger partial charge in [0.2, 0.25) is 0 Å². The van der Waals surface area contributed by atoms with Gasteiger partial charge in [0.05, 0.1) is 47.9 Å². The first-order valence-corrected chi connectivity index (χ1v) is 12.0. The molecule has 11 heteroatoms. The lowest BCUT2D eigenvalue weighted by Crippen LogP contribution is -2.60. The number of halogens is 3. The van der Waals surface area contributed by atoms with Crippen LogP contribution in [0.3, 0.4) is 0 Å². The van der Waals surface area contributed by atoms with Crippen LogP contribution in [0.5, 0.6) is 0 Å². The van der Waals surface area contributed by atoms with Gasteiger partial charge in [-0.2, -0.15) is 18.4 Å². The zero-order chi connectivity index (χ0) is 29.1. The van der Waals surface area contributed by atoms with E-state index in [1.807, 2.05) is 6.07 Å². The van der Waals surface area contributed by atoms with E-state index in [1.165, 1.54) is 43.4 Å². The summed E-state index contributed by atoms with van der Waals surface area (Å²) in [6.45, 7) is 4.94. The third-order valence-corrected chi connectivity index (χ3v) is 6.71. The summed E-state index contributed by atoms with van der Waals surface area (Å²) < 4.78 is 56.6. The quantitative estimate of drug-likeness (QED) is 0.506. The number of alkyl halides is 3. The number of nitriles is 1. The van der Waals surface area contributed by atoms with Gasteiger partial charge in [0.25, 0.3) is 0 Å². The van der Waals surface area contributed by atoms with E-state index in [9.17, 15) is 28.0 Å². The highest BCUT2D eigenvalue weighted by atomic mass is 19.4. The fourth-order valence-corrected chi connectivity index (χ4v) is 5.02. The zero-order valence-electron chi connectivity index (χ0n) is 22.2. The molecule has 2 aromatic rings. The second kappa shape index (κ2) is 11.4. The first-order valence-electron chi connectivity index (χ1n) is 12.0. The number of carbonyl (C=O) groups excluding carboxylic acids is 2. The summed E-state index contributed by atoms with van der Waals surface area (Å²) in [5.41, 5.74) is 5.11. The van der Waals surface area contributed by atoms with E-state index >= 15 is 0 Å². The Balaban J connectivity index is 2.35. The van der Waals surface area contributed by atoms with Crippen molar-refractivity contribution in [3.63, 3.8) is 0 Å². The van der Waals surface area contributed by atoms with E-state index in [4.69, 9.17) is 19.9 Å². The molecule has 0 radical (unpaired) electrons. The molecule has 1 aliphatic rings. The molecular weight excluding hydrogens is 515 g/mol. The number of hydrogen-bond acceptors (Lipinski definition) is 8. The van der Waals surface area contributed by atoms with Crippen LogP contribution in [0.2, 0.25) is 0 Å². The maximum Gasteiger partial charge on any atom is 0.416 e. The molecule has 3 rings (SSSR count). The number of benzene rings is 2. The number of esters is 2. The molecule has 0 saturated heterocycles. The highest BCUT2D eigenvalue weighted by molar-refractivity contribution is 5.95. The van der Waals surface area contributed by atoms with Crippen molar-refractivity contribution in [1.82, 2.24) is 0 Å². The van der Waals surface area contributed by atoms with Crippen molar-refractivity contribution in [2.24, 2.45) is 11.7 Å². The van der Waals surface area contributed by atoms with Gasteiger partial charge in [0.1, 0.15) is 11.9 Å². The summed E-state index contributed by atoms with van der Waals surface area (Å²) in [5, 5.41) is 9.25. The summed E-state index contributed by atoms with van der Waals surface area (Å²) in [6.07, 6.45) is -5.34. The Morgan fingerprint density at radius 3 is 2.33 bits per heavy atom.